The van der Waals surface area contributed by atoms with Gasteiger partial charge in [0, 0.05) is 7.05 Å². The van der Waals surface area contributed by atoms with Crippen molar-refractivity contribution in [2.24, 2.45) is 0 Å². The molecule has 0 aromatic heterocycles. The van der Waals surface area contributed by atoms with Crippen LogP contribution in [0, 0.1) is 0 Å². The number of anilines is 1. The molecule has 5 nitrogen and oxygen atoms in total. The molecule has 3 aromatic rings. The number of hydrogen-bond acceptors (Lipinski definition) is 5. The second-order valence-corrected chi connectivity index (χ2v) is 9.29. The zero-order chi connectivity index (χ0) is 26.5. The van der Waals surface area contributed by atoms with E-state index >= 15 is 0 Å². The third-order valence-corrected chi connectivity index (χ3v) is 5.41. The van der Waals surface area contributed by atoms with E-state index < -0.39 is 6.36 Å². The Morgan fingerprint density at radius 2 is 1.44 bits per heavy atom. The zero-order valence-corrected chi connectivity index (χ0v) is 21.0. The Hall–Kier alpha value is -3.68. The van der Waals surface area contributed by atoms with Crippen molar-refractivity contribution in [1.82, 2.24) is 0 Å². The van der Waals surface area contributed by atoms with Gasteiger partial charge in [0.15, 0.2) is 5.75 Å². The lowest BCUT2D eigenvalue weighted by Crippen LogP contribution is -2.27. The maximum absolute atomic E-state index is 12.5. The van der Waals surface area contributed by atoms with Gasteiger partial charge in [-0.25, -0.2) is 0 Å². The van der Waals surface area contributed by atoms with Crippen LogP contribution in [0.1, 0.15) is 33.3 Å². The molecule has 0 aliphatic rings. The van der Waals surface area contributed by atoms with E-state index in [0.29, 0.717) is 22.7 Å². The lowest BCUT2D eigenvalue weighted by atomic mass is 9.87. The predicted molar refractivity (Wildman–Crippen MR) is 134 cm³/mol. The highest BCUT2D eigenvalue weighted by molar-refractivity contribution is 5.78. The fraction of sp³-hybridized carbons (Fsp3) is 0.321. The van der Waals surface area contributed by atoms with Crippen LogP contribution in [0.5, 0.6) is 17.2 Å². The van der Waals surface area contributed by atoms with Gasteiger partial charge in [-0.2, -0.15) is 0 Å². The molecule has 0 amide bonds. The molecule has 0 unspecified atom stereocenters. The van der Waals surface area contributed by atoms with Crippen LogP contribution in [-0.2, 0) is 14.9 Å². The summed E-state index contributed by atoms with van der Waals surface area (Å²) in [5.41, 5.74) is 3.21. The van der Waals surface area contributed by atoms with E-state index in [-0.39, 0.29) is 30.3 Å². The number of halogens is 3. The molecular formula is C28H30F3NO4. The van der Waals surface area contributed by atoms with Gasteiger partial charge in [-0.3, -0.25) is 4.79 Å². The lowest BCUT2D eigenvalue weighted by molar-refractivity contribution is -0.274. The summed E-state index contributed by atoms with van der Waals surface area (Å²) in [4.78, 5) is 13.8. The van der Waals surface area contributed by atoms with Crippen molar-refractivity contribution in [1.29, 1.82) is 0 Å². The van der Waals surface area contributed by atoms with E-state index in [9.17, 15) is 18.0 Å². The lowest BCUT2D eigenvalue weighted by Gasteiger charge is -2.23. The maximum atomic E-state index is 12.5. The Balaban J connectivity index is 1.94. The third-order valence-electron chi connectivity index (χ3n) is 5.41. The summed E-state index contributed by atoms with van der Waals surface area (Å²) in [7, 11) is 1.75. The van der Waals surface area contributed by atoms with E-state index in [1.54, 1.807) is 43.1 Å². The molecule has 0 bridgehead atoms. The monoisotopic (exact) mass is 501 g/mol. The molecule has 3 rings (SSSR count). The molecule has 0 atom stereocenters. The minimum absolute atomic E-state index is 0.00848. The van der Waals surface area contributed by atoms with Crippen LogP contribution in [0.15, 0.2) is 66.7 Å². The molecule has 3 aromatic carbocycles. The van der Waals surface area contributed by atoms with Crippen molar-refractivity contribution < 1.29 is 32.2 Å². The van der Waals surface area contributed by atoms with Gasteiger partial charge in [0.2, 0.25) is 0 Å². The summed E-state index contributed by atoms with van der Waals surface area (Å²) in [5.74, 6) is 0.426. The highest BCUT2D eigenvalue weighted by atomic mass is 19.4. The highest BCUT2D eigenvalue weighted by Gasteiger charge is 2.31. The van der Waals surface area contributed by atoms with Crippen LogP contribution < -0.4 is 14.4 Å². The van der Waals surface area contributed by atoms with Gasteiger partial charge in [-0.15, -0.1) is 13.2 Å². The number of alkyl halides is 3. The number of esters is 1. The van der Waals surface area contributed by atoms with Crippen molar-refractivity contribution >= 4 is 11.7 Å². The Kier molecular flexibility index (Phi) is 8.17. The Morgan fingerprint density at radius 3 is 2.00 bits per heavy atom. The van der Waals surface area contributed by atoms with Gasteiger partial charge in [0.05, 0.1) is 12.3 Å². The first-order valence-electron chi connectivity index (χ1n) is 11.5. The second kappa shape index (κ2) is 10.9. The van der Waals surface area contributed by atoms with Crippen LogP contribution in [0.3, 0.4) is 0 Å². The minimum atomic E-state index is -4.75. The normalized spacial score (nSPS) is 11.7. The fourth-order valence-corrected chi connectivity index (χ4v) is 3.58. The first-order valence-corrected chi connectivity index (χ1v) is 11.5. The molecule has 0 spiro atoms. The van der Waals surface area contributed by atoms with E-state index in [2.05, 4.69) is 25.5 Å². The van der Waals surface area contributed by atoms with Crippen LogP contribution in [0.4, 0.5) is 18.9 Å². The van der Waals surface area contributed by atoms with Crippen molar-refractivity contribution in [3.8, 4) is 28.4 Å². The van der Waals surface area contributed by atoms with Crippen molar-refractivity contribution in [3.63, 3.8) is 0 Å². The molecule has 8 heteroatoms. The molecule has 0 N–H and O–H groups in total. The number of rotatable bonds is 8. The summed E-state index contributed by atoms with van der Waals surface area (Å²) < 4.78 is 52.7. The first-order chi connectivity index (χ1) is 16.9. The topological polar surface area (TPSA) is 48.0 Å². The molecule has 0 aliphatic heterocycles. The largest absolute Gasteiger partial charge is 0.573 e. The molecule has 0 saturated carbocycles. The van der Waals surface area contributed by atoms with E-state index in [0.717, 1.165) is 11.1 Å². The summed E-state index contributed by atoms with van der Waals surface area (Å²) in [6, 6.07) is 18.8. The minimum Gasteiger partial charge on any atom is -0.465 e. The predicted octanol–water partition coefficient (Wildman–Crippen LogP) is 7.34. The number of nitrogens with zero attached hydrogens (tertiary/aromatic N) is 1. The Morgan fingerprint density at radius 1 is 0.861 bits per heavy atom. The maximum Gasteiger partial charge on any atom is 0.573 e. The summed E-state index contributed by atoms with van der Waals surface area (Å²) in [6.07, 6.45) is -4.75. The van der Waals surface area contributed by atoms with E-state index in [4.69, 9.17) is 9.47 Å². The van der Waals surface area contributed by atoms with Gasteiger partial charge in [-0.05, 0) is 65.4 Å². The van der Waals surface area contributed by atoms with E-state index in [1.807, 2.05) is 30.3 Å². The highest BCUT2D eigenvalue weighted by Crippen LogP contribution is 2.37. The molecule has 0 aliphatic carbocycles. The molecule has 0 saturated heterocycles. The van der Waals surface area contributed by atoms with Gasteiger partial charge >= 0.3 is 12.3 Å². The van der Waals surface area contributed by atoms with Crippen LogP contribution >= 0.6 is 0 Å². The smallest absolute Gasteiger partial charge is 0.465 e. The number of carbonyl (C=O) groups excluding carboxylic acids is 1. The molecular weight excluding hydrogens is 471 g/mol. The molecule has 0 fully saturated rings. The van der Waals surface area contributed by atoms with E-state index in [1.165, 1.54) is 12.1 Å². The average Bonchev–Trinajstić information content (AvgIpc) is 2.78. The van der Waals surface area contributed by atoms with Gasteiger partial charge in [0.25, 0.3) is 0 Å². The van der Waals surface area contributed by atoms with Gasteiger partial charge in [0.1, 0.15) is 18.0 Å². The summed E-state index contributed by atoms with van der Waals surface area (Å²) in [5, 5.41) is 0. The first kappa shape index (κ1) is 26.9. The summed E-state index contributed by atoms with van der Waals surface area (Å²) in [6.45, 7) is 8.42. The molecule has 0 heterocycles. The molecule has 192 valence electrons. The van der Waals surface area contributed by atoms with Gasteiger partial charge in [-0.1, -0.05) is 51.1 Å². The number of likely N-dealkylation sites (N-methyl/N-ethyl adjacent to an activating group) is 1. The van der Waals surface area contributed by atoms with Crippen molar-refractivity contribution in [2.45, 2.75) is 39.5 Å². The quantitative estimate of drug-likeness (QED) is 0.302. The number of benzene rings is 3. The van der Waals surface area contributed by atoms with Crippen molar-refractivity contribution in [2.75, 3.05) is 25.1 Å². The Bertz CT molecular complexity index is 1170. The fourth-order valence-electron chi connectivity index (χ4n) is 3.58. The van der Waals surface area contributed by atoms with Gasteiger partial charge < -0.3 is 19.1 Å². The molecule has 0 radical (unpaired) electrons. The van der Waals surface area contributed by atoms with Crippen molar-refractivity contribution in [3.05, 3.63) is 72.3 Å². The summed E-state index contributed by atoms with van der Waals surface area (Å²) >= 11 is 0. The van der Waals surface area contributed by atoms with Crippen LogP contribution in [0.2, 0.25) is 0 Å². The zero-order valence-electron chi connectivity index (χ0n) is 21.0. The molecule has 36 heavy (non-hydrogen) atoms. The number of carbonyl (C=O) groups is 1. The Labute approximate surface area is 209 Å². The van der Waals surface area contributed by atoms with Crippen LogP contribution in [0.25, 0.3) is 11.1 Å². The number of ether oxygens (including phenoxy) is 3. The SMILES string of the molecule is CCOC(=O)CN(C)c1ccc(-c2ccc(OC(F)(F)F)cc2)cc1Oc1ccc(C(C)(C)C)cc1. The van der Waals surface area contributed by atoms with Crippen LogP contribution in [-0.4, -0.2) is 32.5 Å². The second-order valence-electron chi connectivity index (χ2n) is 9.29. The standard InChI is InChI=1S/C28H30F3NO4/c1-6-34-26(33)18-32(5)24-16-9-20(19-7-12-23(13-8-19)36-28(29,30)31)17-25(24)35-22-14-10-21(11-15-22)27(2,3)4/h7-17H,6,18H2,1-5H3. The average molecular weight is 502 g/mol. The third kappa shape index (κ3) is 7.41. The number of hydrogen-bond donors (Lipinski definition) is 0.